The molecule has 0 spiro atoms. The summed E-state index contributed by atoms with van der Waals surface area (Å²) in [6.07, 6.45) is 4.67. The summed E-state index contributed by atoms with van der Waals surface area (Å²) in [4.78, 5) is 39.5. The lowest BCUT2D eigenvalue weighted by atomic mass is 9.94. The number of likely N-dealkylation sites (N-methyl/N-ethyl adjacent to an activating group) is 1. The molecule has 2 rings (SSSR count). The number of carbonyl (C=O) groups excluding carboxylic acids is 3. The number of nitrogens with one attached hydrogen (secondary N) is 2. The number of aryl methyl sites for hydroxylation is 2. The number of hydrogen-bond donors (Lipinski definition) is 2. The van der Waals surface area contributed by atoms with E-state index in [1.165, 1.54) is 11.3 Å². The van der Waals surface area contributed by atoms with E-state index in [0.717, 1.165) is 42.4 Å². The molecule has 0 aromatic heterocycles. The summed E-state index contributed by atoms with van der Waals surface area (Å²) >= 11 is 0. The van der Waals surface area contributed by atoms with Gasteiger partial charge >= 0.3 is 6.09 Å². The number of hydrogen-bond acceptors (Lipinski definition) is 4. The molecule has 0 radical (unpaired) electrons. The molecule has 0 aliphatic heterocycles. The van der Waals surface area contributed by atoms with E-state index in [2.05, 4.69) is 10.6 Å². The van der Waals surface area contributed by atoms with Crippen molar-refractivity contribution in [3.8, 4) is 0 Å². The first-order valence-corrected chi connectivity index (χ1v) is 11.1. The van der Waals surface area contributed by atoms with Crippen molar-refractivity contribution >= 4 is 17.9 Å². The van der Waals surface area contributed by atoms with E-state index >= 15 is 0 Å². The Hall–Kier alpha value is -2.57. The minimum atomic E-state index is -0.770. The van der Waals surface area contributed by atoms with Gasteiger partial charge in [0.05, 0.1) is 0 Å². The van der Waals surface area contributed by atoms with Crippen molar-refractivity contribution in [1.82, 2.24) is 15.5 Å². The average Bonchev–Trinajstić information content (AvgIpc) is 2.65. The summed E-state index contributed by atoms with van der Waals surface area (Å²) in [5, 5.41) is 5.63. The number of carbonyl (C=O) groups is 3. The zero-order valence-electron chi connectivity index (χ0n) is 19.7. The third-order valence-electron chi connectivity index (χ3n) is 5.32. The Morgan fingerprint density at radius 3 is 2.19 bits per heavy atom. The molecule has 1 aromatic rings. The van der Waals surface area contributed by atoms with Crippen molar-refractivity contribution < 1.29 is 19.1 Å². The topological polar surface area (TPSA) is 87.7 Å². The van der Waals surface area contributed by atoms with E-state index < -0.39 is 17.7 Å². The van der Waals surface area contributed by atoms with Gasteiger partial charge in [-0.05, 0) is 53.0 Å². The lowest BCUT2D eigenvalue weighted by molar-refractivity contribution is -0.139. The second-order valence-electron chi connectivity index (χ2n) is 9.53. The number of amides is 3. The lowest BCUT2D eigenvalue weighted by Crippen LogP contribution is -2.48. The summed E-state index contributed by atoms with van der Waals surface area (Å²) in [5.74, 6) is -0.557. The van der Waals surface area contributed by atoms with Crippen molar-refractivity contribution in [2.75, 3.05) is 13.6 Å². The van der Waals surface area contributed by atoms with Gasteiger partial charge in [-0.1, -0.05) is 48.6 Å². The quantitative estimate of drug-likeness (QED) is 0.718. The minimum Gasteiger partial charge on any atom is -0.444 e. The fraction of sp³-hybridized carbons (Fsp3) is 0.625. The van der Waals surface area contributed by atoms with Crippen molar-refractivity contribution in [3.05, 3.63) is 34.9 Å². The Morgan fingerprint density at radius 1 is 1.06 bits per heavy atom. The van der Waals surface area contributed by atoms with Crippen molar-refractivity contribution in [1.29, 1.82) is 0 Å². The zero-order chi connectivity index (χ0) is 23.2. The molecule has 1 aromatic carbocycles. The monoisotopic (exact) mass is 431 g/mol. The van der Waals surface area contributed by atoms with Crippen LogP contribution in [-0.4, -0.2) is 48.0 Å². The van der Waals surface area contributed by atoms with Crippen molar-refractivity contribution in [3.63, 3.8) is 0 Å². The van der Waals surface area contributed by atoms with E-state index in [4.69, 9.17) is 4.74 Å². The van der Waals surface area contributed by atoms with Crippen LogP contribution in [0.4, 0.5) is 4.79 Å². The largest absolute Gasteiger partial charge is 0.444 e. The van der Waals surface area contributed by atoms with Crippen LogP contribution < -0.4 is 10.6 Å². The van der Waals surface area contributed by atoms with Gasteiger partial charge in [-0.3, -0.25) is 9.59 Å². The predicted octanol–water partition coefficient (Wildman–Crippen LogP) is 3.78. The van der Waals surface area contributed by atoms with Crippen LogP contribution in [0, 0.1) is 13.8 Å². The number of nitrogens with zero attached hydrogens (tertiary/aromatic N) is 1. The highest BCUT2D eigenvalue weighted by Gasteiger charge is 2.31. The fourth-order valence-electron chi connectivity index (χ4n) is 3.98. The number of alkyl carbamates (subject to hydrolysis) is 1. The highest BCUT2D eigenvalue weighted by Crippen LogP contribution is 2.25. The van der Waals surface area contributed by atoms with Crippen LogP contribution in [0.25, 0.3) is 0 Å². The van der Waals surface area contributed by atoms with Gasteiger partial charge in [0.1, 0.15) is 18.2 Å². The van der Waals surface area contributed by atoms with Gasteiger partial charge in [-0.15, -0.1) is 0 Å². The van der Waals surface area contributed by atoms with Gasteiger partial charge in [0.2, 0.25) is 11.8 Å². The van der Waals surface area contributed by atoms with Crippen LogP contribution in [0.1, 0.15) is 75.6 Å². The maximum absolute atomic E-state index is 13.3. The summed E-state index contributed by atoms with van der Waals surface area (Å²) < 4.78 is 5.19. The fourth-order valence-corrected chi connectivity index (χ4v) is 3.98. The van der Waals surface area contributed by atoms with Crippen LogP contribution in [-0.2, 0) is 14.3 Å². The van der Waals surface area contributed by atoms with E-state index in [1.54, 1.807) is 27.8 Å². The molecular weight excluding hydrogens is 394 g/mol. The molecule has 1 aliphatic rings. The molecule has 3 amide bonds. The van der Waals surface area contributed by atoms with E-state index in [9.17, 15) is 14.4 Å². The molecule has 1 atom stereocenters. The Morgan fingerprint density at radius 2 is 1.65 bits per heavy atom. The maximum Gasteiger partial charge on any atom is 0.408 e. The molecule has 0 bridgehead atoms. The van der Waals surface area contributed by atoms with E-state index in [0.29, 0.717) is 0 Å². The second kappa shape index (κ2) is 10.6. The summed E-state index contributed by atoms with van der Waals surface area (Å²) in [6.45, 7) is 8.96. The van der Waals surface area contributed by atoms with Gasteiger partial charge in [0.25, 0.3) is 0 Å². The third kappa shape index (κ3) is 7.89. The van der Waals surface area contributed by atoms with Crippen LogP contribution in [0.5, 0.6) is 0 Å². The Bertz CT molecular complexity index is 774. The highest BCUT2D eigenvalue weighted by molar-refractivity contribution is 5.90. The highest BCUT2D eigenvalue weighted by atomic mass is 16.6. The molecule has 7 heteroatoms. The van der Waals surface area contributed by atoms with Crippen LogP contribution in [0.3, 0.4) is 0 Å². The predicted molar refractivity (Wildman–Crippen MR) is 121 cm³/mol. The van der Waals surface area contributed by atoms with Crippen LogP contribution >= 0.6 is 0 Å². The Balaban J connectivity index is 2.17. The molecule has 1 fully saturated rings. The van der Waals surface area contributed by atoms with Gasteiger partial charge in [0.15, 0.2) is 0 Å². The molecule has 1 unspecified atom stereocenters. The third-order valence-corrected chi connectivity index (χ3v) is 5.32. The molecule has 172 valence electrons. The number of ether oxygens (including phenoxy) is 1. The number of rotatable bonds is 6. The smallest absolute Gasteiger partial charge is 0.408 e. The molecule has 2 N–H and O–H groups in total. The molecule has 1 aliphatic carbocycles. The molecule has 7 nitrogen and oxygen atoms in total. The molecule has 0 heterocycles. The summed E-state index contributed by atoms with van der Waals surface area (Å²) in [7, 11) is 1.60. The average molecular weight is 432 g/mol. The molecule has 1 saturated carbocycles. The van der Waals surface area contributed by atoms with E-state index in [1.807, 2.05) is 32.0 Å². The normalized spacial score (nSPS) is 15.7. The SMILES string of the molecule is Cc1cc(C)cc(C(C(=O)NC2CCCCC2)N(C)C(=O)CNC(=O)OC(C)(C)C)c1. The van der Waals surface area contributed by atoms with Crippen molar-refractivity contribution in [2.24, 2.45) is 0 Å². The first kappa shape index (κ1) is 24.7. The summed E-state index contributed by atoms with van der Waals surface area (Å²) in [6, 6.07) is 5.27. The van der Waals surface area contributed by atoms with Gasteiger partial charge in [0, 0.05) is 13.1 Å². The van der Waals surface area contributed by atoms with Crippen LogP contribution in [0.15, 0.2) is 18.2 Å². The molecule has 31 heavy (non-hydrogen) atoms. The second-order valence-corrected chi connectivity index (χ2v) is 9.53. The maximum atomic E-state index is 13.3. The van der Waals surface area contributed by atoms with Crippen LogP contribution in [0.2, 0.25) is 0 Å². The minimum absolute atomic E-state index is 0.137. The van der Waals surface area contributed by atoms with Gasteiger partial charge in [-0.25, -0.2) is 4.79 Å². The van der Waals surface area contributed by atoms with E-state index in [-0.39, 0.29) is 24.4 Å². The first-order chi connectivity index (χ1) is 14.5. The Kier molecular flexibility index (Phi) is 8.48. The Labute approximate surface area is 185 Å². The van der Waals surface area contributed by atoms with Gasteiger partial charge in [-0.2, -0.15) is 0 Å². The first-order valence-electron chi connectivity index (χ1n) is 11.1. The van der Waals surface area contributed by atoms with Gasteiger partial charge < -0.3 is 20.3 Å². The zero-order valence-corrected chi connectivity index (χ0v) is 19.7. The summed E-state index contributed by atoms with van der Waals surface area (Å²) in [5.41, 5.74) is 2.16. The van der Waals surface area contributed by atoms with Crippen molar-refractivity contribution in [2.45, 2.75) is 84.4 Å². The number of benzene rings is 1. The standard InChI is InChI=1S/C24H37N3O4/c1-16-12-17(2)14-18(13-16)21(22(29)26-19-10-8-7-9-11-19)27(6)20(28)15-25-23(30)31-24(3,4)5/h12-14,19,21H,7-11,15H2,1-6H3,(H,25,30)(H,26,29). The lowest BCUT2D eigenvalue weighted by Gasteiger charge is -2.31. The molecule has 0 saturated heterocycles. The molecular formula is C24H37N3O4.